The van der Waals surface area contributed by atoms with Gasteiger partial charge in [-0.25, -0.2) is 4.79 Å². The Labute approximate surface area is 132 Å². The summed E-state index contributed by atoms with van der Waals surface area (Å²) in [7, 11) is 0. The van der Waals surface area contributed by atoms with E-state index in [1.165, 1.54) is 0 Å². The van der Waals surface area contributed by atoms with Gasteiger partial charge in [0.15, 0.2) is 0 Å². The summed E-state index contributed by atoms with van der Waals surface area (Å²) in [6, 6.07) is 6.65. The van der Waals surface area contributed by atoms with E-state index in [9.17, 15) is 9.59 Å². The Morgan fingerprint density at radius 2 is 1.86 bits per heavy atom. The molecular weight excluding hydrogens is 278 g/mol. The maximum absolute atomic E-state index is 12.1. The van der Waals surface area contributed by atoms with Crippen LogP contribution in [-0.4, -0.2) is 24.0 Å². The summed E-state index contributed by atoms with van der Waals surface area (Å²) in [6.45, 7) is 10.6. The summed E-state index contributed by atoms with van der Waals surface area (Å²) in [5, 5.41) is 8.44. The first-order valence-corrected chi connectivity index (χ1v) is 7.65. The maximum atomic E-state index is 12.1. The number of hydrogen-bond donors (Lipinski definition) is 3. The molecule has 3 amide bonds. The van der Waals surface area contributed by atoms with Crippen molar-refractivity contribution >= 4 is 17.6 Å². The van der Waals surface area contributed by atoms with Crippen LogP contribution in [0.5, 0.6) is 0 Å². The Morgan fingerprint density at radius 1 is 1.18 bits per heavy atom. The number of carbonyl (C=O) groups excluding carboxylic acids is 2. The van der Waals surface area contributed by atoms with E-state index >= 15 is 0 Å². The smallest absolute Gasteiger partial charge is 0.319 e. The van der Waals surface area contributed by atoms with Crippen molar-refractivity contribution in [1.82, 2.24) is 10.6 Å². The fourth-order valence-corrected chi connectivity index (χ4v) is 1.80. The van der Waals surface area contributed by atoms with Crippen LogP contribution in [0.15, 0.2) is 24.3 Å². The predicted octanol–water partition coefficient (Wildman–Crippen LogP) is 3.38. The van der Waals surface area contributed by atoms with Gasteiger partial charge in [-0.1, -0.05) is 19.9 Å². The lowest BCUT2D eigenvalue weighted by atomic mass is 10.1. The molecule has 0 aliphatic rings. The highest BCUT2D eigenvalue weighted by Crippen LogP contribution is 2.12. The minimum Gasteiger partial charge on any atom is -0.347 e. The summed E-state index contributed by atoms with van der Waals surface area (Å²) in [5.74, 6) is 0.390. The third kappa shape index (κ3) is 7.11. The van der Waals surface area contributed by atoms with E-state index in [4.69, 9.17) is 0 Å². The molecule has 0 aliphatic heterocycles. The van der Waals surface area contributed by atoms with Gasteiger partial charge in [-0.15, -0.1) is 0 Å². The Morgan fingerprint density at radius 3 is 2.45 bits per heavy atom. The number of carbonyl (C=O) groups is 2. The average Bonchev–Trinajstić information content (AvgIpc) is 2.36. The van der Waals surface area contributed by atoms with E-state index in [1.54, 1.807) is 24.3 Å². The third-order valence-electron chi connectivity index (χ3n) is 2.88. The normalized spacial score (nSPS) is 11.2. The Kier molecular flexibility index (Phi) is 6.40. The van der Waals surface area contributed by atoms with Crippen LogP contribution in [0.25, 0.3) is 0 Å². The van der Waals surface area contributed by atoms with Crippen LogP contribution in [0.4, 0.5) is 10.5 Å². The van der Waals surface area contributed by atoms with E-state index < -0.39 is 0 Å². The monoisotopic (exact) mass is 305 g/mol. The van der Waals surface area contributed by atoms with E-state index in [0.29, 0.717) is 23.7 Å². The third-order valence-corrected chi connectivity index (χ3v) is 2.88. The summed E-state index contributed by atoms with van der Waals surface area (Å²) >= 11 is 0. The van der Waals surface area contributed by atoms with Crippen molar-refractivity contribution in [2.24, 2.45) is 5.92 Å². The van der Waals surface area contributed by atoms with Gasteiger partial charge in [0.1, 0.15) is 0 Å². The Hall–Kier alpha value is -2.04. The summed E-state index contributed by atoms with van der Waals surface area (Å²) < 4.78 is 0. The van der Waals surface area contributed by atoms with E-state index in [1.807, 2.05) is 20.8 Å². The molecule has 0 unspecified atom stereocenters. The van der Waals surface area contributed by atoms with Gasteiger partial charge >= 0.3 is 6.03 Å². The van der Waals surface area contributed by atoms with Crippen molar-refractivity contribution in [1.29, 1.82) is 0 Å². The molecule has 0 fully saturated rings. The van der Waals surface area contributed by atoms with Gasteiger partial charge < -0.3 is 16.0 Å². The van der Waals surface area contributed by atoms with Gasteiger partial charge in [-0.3, -0.25) is 4.79 Å². The molecule has 22 heavy (non-hydrogen) atoms. The van der Waals surface area contributed by atoms with Crippen LogP contribution in [0.2, 0.25) is 0 Å². The van der Waals surface area contributed by atoms with Crippen LogP contribution < -0.4 is 16.0 Å². The number of anilines is 1. The van der Waals surface area contributed by atoms with Crippen molar-refractivity contribution in [3.05, 3.63) is 29.8 Å². The maximum Gasteiger partial charge on any atom is 0.319 e. The highest BCUT2D eigenvalue weighted by atomic mass is 16.2. The first-order chi connectivity index (χ1) is 10.2. The topological polar surface area (TPSA) is 70.2 Å². The highest BCUT2D eigenvalue weighted by Gasteiger charge is 2.15. The summed E-state index contributed by atoms with van der Waals surface area (Å²) in [5.41, 5.74) is 0.827. The highest BCUT2D eigenvalue weighted by molar-refractivity contribution is 5.97. The standard InChI is InChI=1S/C17H27N3O2/c1-12(2)9-10-18-16(22)19-14-8-6-7-13(11-14)15(21)20-17(3,4)5/h6-8,11-12H,9-10H2,1-5H3,(H,20,21)(H2,18,19,22). The fourth-order valence-electron chi connectivity index (χ4n) is 1.80. The molecule has 5 heteroatoms. The largest absolute Gasteiger partial charge is 0.347 e. The minimum atomic E-state index is -0.297. The Bertz CT molecular complexity index is 519. The second-order valence-corrected chi connectivity index (χ2v) is 6.85. The van der Waals surface area contributed by atoms with Crippen molar-refractivity contribution < 1.29 is 9.59 Å². The fraction of sp³-hybridized carbons (Fsp3) is 0.529. The van der Waals surface area contributed by atoms with Gasteiger partial charge in [-0.05, 0) is 51.3 Å². The molecule has 0 saturated carbocycles. The van der Waals surface area contributed by atoms with E-state index in [-0.39, 0.29) is 17.5 Å². The molecule has 5 nitrogen and oxygen atoms in total. The molecular formula is C17H27N3O2. The van der Waals surface area contributed by atoms with E-state index in [0.717, 1.165) is 6.42 Å². The first-order valence-electron chi connectivity index (χ1n) is 7.65. The molecule has 0 saturated heterocycles. The van der Waals surface area contributed by atoms with Crippen LogP contribution in [0, 0.1) is 5.92 Å². The molecule has 0 atom stereocenters. The van der Waals surface area contributed by atoms with Crippen molar-refractivity contribution in [2.45, 2.75) is 46.6 Å². The molecule has 0 aliphatic carbocycles. The average molecular weight is 305 g/mol. The van der Waals surface area contributed by atoms with Crippen molar-refractivity contribution in [3.8, 4) is 0 Å². The van der Waals surface area contributed by atoms with E-state index in [2.05, 4.69) is 29.8 Å². The molecule has 1 rings (SSSR count). The molecule has 0 bridgehead atoms. The quantitative estimate of drug-likeness (QED) is 0.780. The van der Waals surface area contributed by atoms with Crippen LogP contribution in [-0.2, 0) is 0 Å². The number of benzene rings is 1. The van der Waals surface area contributed by atoms with Crippen LogP contribution in [0.3, 0.4) is 0 Å². The lowest BCUT2D eigenvalue weighted by Gasteiger charge is -2.20. The minimum absolute atomic E-state index is 0.156. The molecule has 3 N–H and O–H groups in total. The zero-order chi connectivity index (χ0) is 16.8. The summed E-state index contributed by atoms with van der Waals surface area (Å²) in [6.07, 6.45) is 0.932. The second kappa shape index (κ2) is 7.82. The van der Waals surface area contributed by atoms with Gasteiger partial charge in [0.2, 0.25) is 0 Å². The lowest BCUT2D eigenvalue weighted by molar-refractivity contribution is 0.0919. The van der Waals surface area contributed by atoms with Crippen LogP contribution >= 0.6 is 0 Å². The number of rotatable bonds is 5. The number of urea groups is 1. The second-order valence-electron chi connectivity index (χ2n) is 6.85. The van der Waals surface area contributed by atoms with Gasteiger partial charge in [0.25, 0.3) is 5.91 Å². The lowest BCUT2D eigenvalue weighted by Crippen LogP contribution is -2.40. The zero-order valence-corrected chi connectivity index (χ0v) is 14.1. The summed E-state index contributed by atoms with van der Waals surface area (Å²) in [4.78, 5) is 23.9. The number of nitrogens with one attached hydrogen (secondary N) is 3. The molecule has 1 aromatic rings. The zero-order valence-electron chi connectivity index (χ0n) is 14.1. The molecule has 0 radical (unpaired) electrons. The molecule has 0 aromatic heterocycles. The van der Waals surface area contributed by atoms with Gasteiger partial charge in [0, 0.05) is 23.3 Å². The predicted molar refractivity (Wildman–Crippen MR) is 90.1 cm³/mol. The Balaban J connectivity index is 2.60. The van der Waals surface area contributed by atoms with Crippen molar-refractivity contribution in [3.63, 3.8) is 0 Å². The molecule has 122 valence electrons. The van der Waals surface area contributed by atoms with Gasteiger partial charge in [0.05, 0.1) is 0 Å². The van der Waals surface area contributed by atoms with Crippen molar-refractivity contribution in [2.75, 3.05) is 11.9 Å². The van der Waals surface area contributed by atoms with Gasteiger partial charge in [-0.2, -0.15) is 0 Å². The molecule has 0 spiro atoms. The SMILES string of the molecule is CC(C)CCNC(=O)Nc1cccc(C(=O)NC(C)(C)C)c1. The van der Waals surface area contributed by atoms with Crippen LogP contribution in [0.1, 0.15) is 51.4 Å². The number of hydrogen-bond acceptors (Lipinski definition) is 2. The molecule has 1 aromatic carbocycles. The first kappa shape index (κ1) is 18.0. The molecule has 0 heterocycles. The number of amides is 3.